The minimum Gasteiger partial charge on any atom is -0.278 e. The van der Waals surface area contributed by atoms with Crippen LogP contribution in [0.2, 0.25) is 0 Å². The van der Waals surface area contributed by atoms with E-state index in [1.54, 1.807) is 0 Å². The van der Waals surface area contributed by atoms with Gasteiger partial charge < -0.3 is 0 Å². The van der Waals surface area contributed by atoms with Crippen LogP contribution in [0, 0.1) is 6.92 Å². The lowest BCUT2D eigenvalue weighted by Crippen LogP contribution is -2.34. The number of hydrogen-bond donors (Lipinski definition) is 1. The van der Waals surface area contributed by atoms with Gasteiger partial charge in [-0.1, -0.05) is 48.0 Å². The van der Waals surface area contributed by atoms with Gasteiger partial charge in [-0.3, -0.25) is 15.2 Å². The average Bonchev–Trinajstić information content (AvgIpc) is 2.83. The van der Waals surface area contributed by atoms with Crippen LogP contribution >= 0.6 is 0 Å². The molecule has 1 aliphatic heterocycles. The number of carbonyl (C=O) groups is 1. The first-order chi connectivity index (χ1) is 9.24. The van der Waals surface area contributed by atoms with E-state index in [9.17, 15) is 4.79 Å². The maximum atomic E-state index is 11.7. The topological polar surface area (TPSA) is 32.3 Å². The largest absolute Gasteiger partial charge is 0.278 e. The van der Waals surface area contributed by atoms with Crippen LogP contribution in [0.3, 0.4) is 0 Å². The van der Waals surface area contributed by atoms with E-state index in [0.717, 1.165) is 11.3 Å². The number of hydrogen-bond acceptors (Lipinski definition) is 2. The fourth-order valence-corrected chi connectivity index (χ4v) is 2.41. The highest BCUT2D eigenvalue weighted by molar-refractivity contribution is 5.83. The van der Waals surface area contributed by atoms with Gasteiger partial charge in [0, 0.05) is 0 Å². The number of anilines is 1. The molecule has 1 aliphatic rings. The smallest absolute Gasteiger partial charge is 0.241 e. The summed E-state index contributed by atoms with van der Waals surface area (Å²) in [6.45, 7) is 2.07. The number of rotatable bonds is 2. The quantitative estimate of drug-likeness (QED) is 0.891. The number of amides is 1. The van der Waals surface area contributed by atoms with E-state index in [0.29, 0.717) is 6.42 Å². The SMILES string of the molecule is Cc1ccc(C2CC(=O)NN2c2ccccc2)cc1. The minimum atomic E-state index is 0.0643. The zero-order valence-electron chi connectivity index (χ0n) is 10.8. The predicted molar refractivity (Wildman–Crippen MR) is 75.6 cm³/mol. The third kappa shape index (κ3) is 2.32. The molecule has 2 aromatic rings. The molecule has 19 heavy (non-hydrogen) atoms. The molecule has 1 amide bonds. The molecule has 3 nitrogen and oxygen atoms in total. The van der Waals surface area contributed by atoms with E-state index in [4.69, 9.17) is 0 Å². The van der Waals surface area contributed by atoms with Gasteiger partial charge in [0.25, 0.3) is 0 Å². The van der Waals surface area contributed by atoms with E-state index in [1.807, 2.05) is 35.3 Å². The molecule has 0 aliphatic carbocycles. The summed E-state index contributed by atoms with van der Waals surface area (Å²) in [6.07, 6.45) is 0.498. The zero-order valence-corrected chi connectivity index (χ0v) is 10.8. The van der Waals surface area contributed by atoms with Crippen molar-refractivity contribution in [1.82, 2.24) is 5.43 Å². The summed E-state index contributed by atoms with van der Waals surface area (Å²) in [5.41, 5.74) is 6.33. The highest BCUT2D eigenvalue weighted by Gasteiger charge is 2.31. The molecule has 3 rings (SSSR count). The fourth-order valence-electron chi connectivity index (χ4n) is 2.41. The second-order valence-electron chi connectivity index (χ2n) is 4.87. The molecule has 1 fully saturated rings. The second-order valence-corrected chi connectivity index (χ2v) is 4.87. The molecule has 0 spiro atoms. The van der Waals surface area contributed by atoms with Crippen molar-refractivity contribution < 1.29 is 4.79 Å². The number of nitrogens with one attached hydrogen (secondary N) is 1. The van der Waals surface area contributed by atoms with E-state index < -0.39 is 0 Å². The Morgan fingerprint density at radius 1 is 1.05 bits per heavy atom. The van der Waals surface area contributed by atoms with Gasteiger partial charge in [0.2, 0.25) is 5.91 Å². The molecular formula is C16H16N2O. The molecule has 1 atom stereocenters. The van der Waals surface area contributed by atoms with Gasteiger partial charge in [0.15, 0.2) is 0 Å². The van der Waals surface area contributed by atoms with Gasteiger partial charge >= 0.3 is 0 Å². The molecule has 2 aromatic carbocycles. The van der Waals surface area contributed by atoms with Crippen molar-refractivity contribution in [3.63, 3.8) is 0 Å². The molecule has 1 N–H and O–H groups in total. The van der Waals surface area contributed by atoms with Crippen molar-refractivity contribution >= 4 is 11.6 Å². The third-order valence-electron chi connectivity index (χ3n) is 3.43. The molecule has 1 heterocycles. The maximum Gasteiger partial charge on any atom is 0.241 e. The van der Waals surface area contributed by atoms with Crippen molar-refractivity contribution in [2.45, 2.75) is 19.4 Å². The summed E-state index contributed by atoms with van der Waals surface area (Å²) in [4.78, 5) is 11.7. The van der Waals surface area contributed by atoms with Crippen LogP contribution in [0.1, 0.15) is 23.6 Å². The lowest BCUT2D eigenvalue weighted by molar-refractivity contribution is -0.119. The number of benzene rings is 2. The highest BCUT2D eigenvalue weighted by Crippen LogP contribution is 2.31. The molecule has 96 valence electrons. The third-order valence-corrected chi connectivity index (χ3v) is 3.43. The minimum absolute atomic E-state index is 0.0643. The predicted octanol–water partition coefficient (Wildman–Crippen LogP) is 2.98. The molecule has 0 aromatic heterocycles. The lowest BCUT2D eigenvalue weighted by atomic mass is 10.0. The van der Waals surface area contributed by atoms with Crippen LogP contribution in [0.25, 0.3) is 0 Å². The average molecular weight is 252 g/mol. The highest BCUT2D eigenvalue weighted by atomic mass is 16.2. The molecule has 3 heteroatoms. The van der Waals surface area contributed by atoms with Gasteiger partial charge in [-0.25, -0.2) is 0 Å². The Morgan fingerprint density at radius 2 is 1.74 bits per heavy atom. The van der Waals surface area contributed by atoms with Crippen LogP contribution in [-0.2, 0) is 4.79 Å². The number of para-hydroxylation sites is 1. The van der Waals surface area contributed by atoms with E-state index in [-0.39, 0.29) is 11.9 Å². The Balaban J connectivity index is 1.95. The zero-order chi connectivity index (χ0) is 13.2. The van der Waals surface area contributed by atoms with Crippen molar-refractivity contribution in [3.05, 3.63) is 65.7 Å². The van der Waals surface area contributed by atoms with E-state index >= 15 is 0 Å². The van der Waals surface area contributed by atoms with E-state index in [2.05, 4.69) is 36.6 Å². The lowest BCUT2D eigenvalue weighted by Gasteiger charge is -2.25. The molecule has 0 radical (unpaired) electrons. The maximum absolute atomic E-state index is 11.7. The summed E-state index contributed by atoms with van der Waals surface area (Å²) in [6, 6.07) is 18.4. The number of carbonyl (C=O) groups excluding carboxylic acids is 1. The number of hydrazine groups is 1. The second kappa shape index (κ2) is 4.76. The van der Waals surface area contributed by atoms with Crippen molar-refractivity contribution in [2.24, 2.45) is 0 Å². The van der Waals surface area contributed by atoms with Crippen LogP contribution < -0.4 is 10.4 Å². The van der Waals surface area contributed by atoms with Gasteiger partial charge in [-0.2, -0.15) is 0 Å². The van der Waals surface area contributed by atoms with Gasteiger partial charge in [0.05, 0.1) is 18.2 Å². The van der Waals surface area contributed by atoms with Gasteiger partial charge in [-0.15, -0.1) is 0 Å². The molecular weight excluding hydrogens is 236 g/mol. The Morgan fingerprint density at radius 3 is 2.42 bits per heavy atom. The van der Waals surface area contributed by atoms with Crippen LogP contribution in [-0.4, -0.2) is 5.91 Å². The van der Waals surface area contributed by atoms with Crippen molar-refractivity contribution in [2.75, 3.05) is 5.01 Å². The van der Waals surface area contributed by atoms with Crippen LogP contribution in [0.5, 0.6) is 0 Å². The monoisotopic (exact) mass is 252 g/mol. The van der Waals surface area contributed by atoms with Gasteiger partial charge in [-0.05, 0) is 24.6 Å². The Kier molecular flexibility index (Phi) is 2.95. The summed E-state index contributed by atoms with van der Waals surface area (Å²) >= 11 is 0. The first kappa shape index (κ1) is 11.8. The first-order valence-corrected chi connectivity index (χ1v) is 6.44. The number of aryl methyl sites for hydroxylation is 1. The molecule has 0 saturated carbocycles. The standard InChI is InChI=1S/C16H16N2O/c1-12-7-9-13(10-8-12)15-11-16(19)17-18(15)14-5-3-2-4-6-14/h2-10,15H,11H2,1H3,(H,17,19). The summed E-state index contributed by atoms with van der Waals surface area (Å²) in [5.74, 6) is 0.0643. The normalized spacial score (nSPS) is 18.5. The van der Waals surface area contributed by atoms with Gasteiger partial charge in [0.1, 0.15) is 0 Å². The fraction of sp³-hybridized carbons (Fsp3) is 0.188. The van der Waals surface area contributed by atoms with Crippen molar-refractivity contribution in [1.29, 1.82) is 0 Å². The Bertz CT molecular complexity index is 577. The molecule has 0 bridgehead atoms. The van der Waals surface area contributed by atoms with E-state index in [1.165, 1.54) is 5.56 Å². The van der Waals surface area contributed by atoms with Crippen LogP contribution in [0.4, 0.5) is 5.69 Å². The summed E-state index contributed by atoms with van der Waals surface area (Å²) < 4.78 is 0. The summed E-state index contributed by atoms with van der Waals surface area (Å²) in [5, 5.41) is 1.95. The number of nitrogens with zero attached hydrogens (tertiary/aromatic N) is 1. The molecule has 1 unspecified atom stereocenters. The van der Waals surface area contributed by atoms with Crippen LogP contribution in [0.15, 0.2) is 54.6 Å². The summed E-state index contributed by atoms with van der Waals surface area (Å²) in [7, 11) is 0. The first-order valence-electron chi connectivity index (χ1n) is 6.44. The molecule has 1 saturated heterocycles. The van der Waals surface area contributed by atoms with Crippen molar-refractivity contribution in [3.8, 4) is 0 Å². The Hall–Kier alpha value is -2.29. The Labute approximate surface area is 112 Å².